The van der Waals surface area contributed by atoms with E-state index >= 15 is 0 Å². The van der Waals surface area contributed by atoms with Crippen LogP contribution in [0.25, 0.3) is 16.7 Å². The topological polar surface area (TPSA) is 46.5 Å². The van der Waals surface area contributed by atoms with E-state index in [0.717, 1.165) is 47.9 Å². The number of rotatable bonds is 2. The van der Waals surface area contributed by atoms with Gasteiger partial charge in [-0.3, -0.25) is 0 Å². The Labute approximate surface area is 164 Å². The number of hydrogen-bond donors (Lipinski definition) is 1. The first kappa shape index (κ1) is 18.1. The first-order valence-corrected chi connectivity index (χ1v) is 9.92. The lowest BCUT2D eigenvalue weighted by Crippen LogP contribution is -2.31. The molecule has 1 fully saturated rings. The summed E-state index contributed by atoms with van der Waals surface area (Å²) >= 11 is 5.99. The molecule has 0 amide bonds. The third-order valence-corrected chi connectivity index (χ3v) is 6.01. The van der Waals surface area contributed by atoms with Crippen molar-refractivity contribution in [3.63, 3.8) is 0 Å². The maximum Gasteiger partial charge on any atom is 0.343 e. The Morgan fingerprint density at radius 3 is 2.26 bits per heavy atom. The average Bonchev–Trinajstić information content (AvgIpc) is 2.81. The van der Waals surface area contributed by atoms with Crippen LogP contribution in [-0.2, 0) is 9.53 Å². The van der Waals surface area contributed by atoms with Crippen molar-refractivity contribution < 1.29 is 14.6 Å². The second-order valence-corrected chi connectivity index (χ2v) is 7.99. The molecule has 4 rings (SSSR count). The van der Waals surface area contributed by atoms with Crippen LogP contribution in [0.1, 0.15) is 49.7 Å². The zero-order valence-corrected chi connectivity index (χ0v) is 16.2. The number of aryl methyl sites for hydroxylation is 1. The molecule has 0 unspecified atom stereocenters. The van der Waals surface area contributed by atoms with Crippen LogP contribution >= 0.6 is 11.6 Å². The van der Waals surface area contributed by atoms with E-state index in [1.54, 1.807) is 0 Å². The summed E-state index contributed by atoms with van der Waals surface area (Å²) < 4.78 is 5.78. The van der Waals surface area contributed by atoms with Crippen molar-refractivity contribution >= 4 is 23.1 Å². The first-order chi connectivity index (χ1) is 13.0. The maximum absolute atomic E-state index is 12.8. The Morgan fingerprint density at radius 2 is 1.59 bits per heavy atom. The standard InChI is InChI=1S/C23H23ClO3/c1-15-6-7-17(16-8-10-18(24)11-9-16)14-19(15)20-21(25)23(27-22(20)26)12-4-2-3-5-13-23/h6-11,14,25H,2-5,12-13H2,1H3. The van der Waals surface area contributed by atoms with E-state index in [0.29, 0.717) is 23.4 Å². The third kappa shape index (κ3) is 3.25. The van der Waals surface area contributed by atoms with Gasteiger partial charge in [-0.25, -0.2) is 4.79 Å². The molecule has 4 heteroatoms. The zero-order valence-electron chi connectivity index (χ0n) is 15.4. The van der Waals surface area contributed by atoms with E-state index < -0.39 is 11.6 Å². The second-order valence-electron chi connectivity index (χ2n) is 7.56. The zero-order chi connectivity index (χ0) is 19.0. The normalized spacial score (nSPS) is 19.3. The third-order valence-electron chi connectivity index (χ3n) is 5.76. The number of aliphatic hydroxyl groups is 1. The molecule has 27 heavy (non-hydrogen) atoms. The molecule has 1 N–H and O–H groups in total. The van der Waals surface area contributed by atoms with Gasteiger partial charge in [0.25, 0.3) is 0 Å². The van der Waals surface area contributed by atoms with Gasteiger partial charge in [0.15, 0.2) is 11.4 Å². The van der Waals surface area contributed by atoms with Gasteiger partial charge in [-0.2, -0.15) is 0 Å². The smallest absolute Gasteiger partial charge is 0.343 e. The molecule has 2 aromatic carbocycles. The van der Waals surface area contributed by atoms with Crippen LogP contribution < -0.4 is 0 Å². The minimum absolute atomic E-state index is 0.116. The summed E-state index contributed by atoms with van der Waals surface area (Å²) in [5.41, 5.74) is 3.16. The fourth-order valence-corrected chi connectivity index (χ4v) is 4.32. The number of benzene rings is 2. The Hall–Kier alpha value is -2.26. The molecule has 1 spiro atoms. The van der Waals surface area contributed by atoms with Crippen molar-refractivity contribution in [3.05, 3.63) is 64.4 Å². The van der Waals surface area contributed by atoms with Gasteiger partial charge in [0.2, 0.25) is 0 Å². The van der Waals surface area contributed by atoms with E-state index in [1.807, 2.05) is 49.4 Å². The first-order valence-electron chi connectivity index (χ1n) is 9.54. The lowest BCUT2D eigenvalue weighted by molar-refractivity contribution is -0.147. The fourth-order valence-electron chi connectivity index (χ4n) is 4.19. The summed E-state index contributed by atoms with van der Waals surface area (Å²) in [6, 6.07) is 13.5. The highest BCUT2D eigenvalue weighted by atomic mass is 35.5. The SMILES string of the molecule is Cc1ccc(-c2ccc(Cl)cc2)cc1C1=C(O)C2(CCCCCC2)OC1=O. The molecule has 1 saturated carbocycles. The van der Waals surface area contributed by atoms with Crippen LogP contribution in [-0.4, -0.2) is 16.7 Å². The van der Waals surface area contributed by atoms with E-state index in [1.165, 1.54) is 0 Å². The van der Waals surface area contributed by atoms with Gasteiger partial charge in [0.05, 0.1) is 0 Å². The lowest BCUT2D eigenvalue weighted by atomic mass is 9.88. The van der Waals surface area contributed by atoms with Gasteiger partial charge in [-0.1, -0.05) is 48.7 Å². The molecule has 0 radical (unpaired) electrons. The number of ether oxygens (including phenoxy) is 1. The number of carbonyl (C=O) groups excluding carboxylic acids is 1. The van der Waals surface area contributed by atoms with E-state index in [9.17, 15) is 9.90 Å². The summed E-state index contributed by atoms with van der Waals surface area (Å²) in [6.07, 6.45) is 5.57. The molecule has 1 aliphatic heterocycles. The van der Waals surface area contributed by atoms with Gasteiger partial charge in [-0.05, 0) is 73.1 Å². The number of aliphatic hydroxyl groups excluding tert-OH is 1. The summed E-state index contributed by atoms with van der Waals surface area (Å²) in [7, 11) is 0. The monoisotopic (exact) mass is 382 g/mol. The molecule has 1 aliphatic carbocycles. The Morgan fingerprint density at radius 1 is 0.963 bits per heavy atom. The van der Waals surface area contributed by atoms with Crippen molar-refractivity contribution in [1.82, 2.24) is 0 Å². The van der Waals surface area contributed by atoms with Gasteiger partial charge < -0.3 is 9.84 Å². The van der Waals surface area contributed by atoms with Crippen molar-refractivity contribution in [1.29, 1.82) is 0 Å². The van der Waals surface area contributed by atoms with Crippen molar-refractivity contribution in [2.24, 2.45) is 0 Å². The number of esters is 1. The van der Waals surface area contributed by atoms with Crippen LogP contribution in [0.5, 0.6) is 0 Å². The van der Waals surface area contributed by atoms with Crippen LogP contribution in [0, 0.1) is 6.92 Å². The molecule has 2 aromatic rings. The van der Waals surface area contributed by atoms with Crippen molar-refractivity contribution in [2.45, 2.75) is 51.0 Å². The van der Waals surface area contributed by atoms with Gasteiger partial charge in [-0.15, -0.1) is 0 Å². The summed E-state index contributed by atoms with van der Waals surface area (Å²) in [6.45, 7) is 1.95. The van der Waals surface area contributed by atoms with Gasteiger partial charge in [0.1, 0.15) is 5.57 Å². The predicted molar refractivity (Wildman–Crippen MR) is 108 cm³/mol. The Bertz CT molecular complexity index is 904. The highest BCUT2D eigenvalue weighted by Gasteiger charge is 2.48. The minimum atomic E-state index is -0.828. The summed E-state index contributed by atoms with van der Waals surface area (Å²) in [4.78, 5) is 12.8. The second kappa shape index (κ2) is 7.05. The highest BCUT2D eigenvalue weighted by Crippen LogP contribution is 2.45. The van der Waals surface area contributed by atoms with Crippen molar-refractivity contribution in [3.8, 4) is 11.1 Å². The quantitative estimate of drug-likeness (QED) is 0.626. The Kier molecular flexibility index (Phi) is 4.73. The molecule has 0 atom stereocenters. The molecule has 2 aliphatic rings. The number of hydrogen-bond acceptors (Lipinski definition) is 3. The predicted octanol–water partition coefficient (Wildman–Crippen LogP) is 6.23. The lowest BCUT2D eigenvalue weighted by Gasteiger charge is -2.26. The van der Waals surface area contributed by atoms with Crippen molar-refractivity contribution in [2.75, 3.05) is 0 Å². The molecule has 0 saturated heterocycles. The van der Waals surface area contributed by atoms with Gasteiger partial charge in [0, 0.05) is 5.02 Å². The highest BCUT2D eigenvalue weighted by molar-refractivity contribution is 6.30. The van der Waals surface area contributed by atoms with Gasteiger partial charge >= 0.3 is 5.97 Å². The number of carbonyl (C=O) groups is 1. The number of halogens is 1. The molecule has 1 heterocycles. The molecule has 0 bridgehead atoms. The molecule has 140 valence electrons. The molecule has 3 nitrogen and oxygen atoms in total. The van der Waals surface area contributed by atoms with Crippen LogP contribution in [0.2, 0.25) is 5.02 Å². The summed E-state index contributed by atoms with van der Waals surface area (Å²) in [5.74, 6) is -0.295. The van der Waals surface area contributed by atoms with Crippen LogP contribution in [0.4, 0.5) is 0 Å². The van der Waals surface area contributed by atoms with Crippen LogP contribution in [0.15, 0.2) is 48.2 Å². The molecular weight excluding hydrogens is 360 g/mol. The Balaban J connectivity index is 1.80. The van der Waals surface area contributed by atoms with E-state index in [-0.39, 0.29) is 5.76 Å². The summed E-state index contributed by atoms with van der Waals surface area (Å²) in [5, 5.41) is 11.7. The van der Waals surface area contributed by atoms with E-state index in [2.05, 4.69) is 0 Å². The molecular formula is C23H23ClO3. The van der Waals surface area contributed by atoms with Crippen LogP contribution in [0.3, 0.4) is 0 Å². The molecule has 0 aromatic heterocycles. The van der Waals surface area contributed by atoms with E-state index in [4.69, 9.17) is 16.3 Å². The average molecular weight is 383 g/mol. The fraction of sp³-hybridized carbons (Fsp3) is 0.348. The maximum atomic E-state index is 12.8. The minimum Gasteiger partial charge on any atom is -0.507 e. The largest absolute Gasteiger partial charge is 0.507 e.